The van der Waals surface area contributed by atoms with Crippen LogP contribution >= 0.6 is 0 Å². The van der Waals surface area contributed by atoms with E-state index in [0.29, 0.717) is 0 Å². The molecule has 1 atom stereocenters. The van der Waals surface area contributed by atoms with Gasteiger partial charge in [-0.1, -0.05) is 29.8 Å². The summed E-state index contributed by atoms with van der Waals surface area (Å²) in [5, 5.41) is 6.27. The molecule has 0 bridgehead atoms. The quantitative estimate of drug-likeness (QED) is 0.892. The van der Waals surface area contributed by atoms with Crippen molar-refractivity contribution in [3.05, 3.63) is 59.2 Å². The molecule has 4 nitrogen and oxygen atoms in total. The predicted molar refractivity (Wildman–Crippen MR) is 87.3 cm³/mol. The maximum absolute atomic E-state index is 12.1. The lowest BCUT2D eigenvalue weighted by Crippen LogP contribution is -2.29. The Labute approximate surface area is 130 Å². The SMILES string of the molecule is COc1ccc(CCNC2C(=O)Nc3ccc(C)cc32)cc1. The molecule has 3 rings (SSSR count). The van der Waals surface area contributed by atoms with Crippen LogP contribution in [0.25, 0.3) is 0 Å². The molecular formula is C18H20N2O2. The molecule has 0 saturated carbocycles. The van der Waals surface area contributed by atoms with E-state index < -0.39 is 0 Å². The summed E-state index contributed by atoms with van der Waals surface area (Å²) >= 11 is 0. The minimum atomic E-state index is -0.256. The lowest BCUT2D eigenvalue weighted by Gasteiger charge is -2.12. The molecule has 2 N–H and O–H groups in total. The van der Waals surface area contributed by atoms with Crippen LogP contribution in [0.2, 0.25) is 0 Å². The molecule has 4 heteroatoms. The molecule has 0 aromatic heterocycles. The summed E-state index contributed by atoms with van der Waals surface area (Å²) in [5.41, 5.74) is 4.34. The Kier molecular flexibility index (Phi) is 4.11. The number of amides is 1. The van der Waals surface area contributed by atoms with Gasteiger partial charge < -0.3 is 15.4 Å². The van der Waals surface area contributed by atoms with Crippen molar-refractivity contribution in [1.29, 1.82) is 0 Å². The zero-order valence-corrected chi connectivity index (χ0v) is 12.8. The molecule has 0 radical (unpaired) electrons. The fourth-order valence-corrected chi connectivity index (χ4v) is 2.74. The average Bonchev–Trinajstić information content (AvgIpc) is 2.83. The summed E-state index contributed by atoms with van der Waals surface area (Å²) in [4.78, 5) is 12.1. The number of methoxy groups -OCH3 is 1. The fourth-order valence-electron chi connectivity index (χ4n) is 2.74. The number of ether oxygens (including phenoxy) is 1. The Balaban J connectivity index is 1.62. The summed E-state index contributed by atoms with van der Waals surface area (Å²) in [5.74, 6) is 0.881. The summed E-state index contributed by atoms with van der Waals surface area (Å²) in [6.45, 7) is 2.79. The molecule has 1 aliphatic rings. The van der Waals surface area contributed by atoms with E-state index in [1.807, 2.05) is 43.3 Å². The summed E-state index contributed by atoms with van der Waals surface area (Å²) in [6.07, 6.45) is 0.870. The van der Waals surface area contributed by atoms with E-state index in [4.69, 9.17) is 4.74 Å². The monoisotopic (exact) mass is 296 g/mol. The lowest BCUT2D eigenvalue weighted by atomic mass is 10.0. The first-order valence-corrected chi connectivity index (χ1v) is 7.45. The number of nitrogens with one attached hydrogen (secondary N) is 2. The molecule has 114 valence electrons. The topological polar surface area (TPSA) is 50.4 Å². The van der Waals surface area contributed by atoms with E-state index in [1.165, 1.54) is 5.56 Å². The maximum Gasteiger partial charge on any atom is 0.246 e. The number of aryl methyl sites for hydroxylation is 1. The van der Waals surface area contributed by atoms with E-state index in [9.17, 15) is 4.79 Å². The summed E-state index contributed by atoms with van der Waals surface area (Å²) in [6, 6.07) is 13.8. The van der Waals surface area contributed by atoms with Crippen molar-refractivity contribution < 1.29 is 9.53 Å². The predicted octanol–water partition coefficient (Wildman–Crippen LogP) is 2.83. The molecule has 1 unspecified atom stereocenters. The molecule has 2 aromatic rings. The highest BCUT2D eigenvalue weighted by Crippen LogP contribution is 2.31. The van der Waals surface area contributed by atoms with Gasteiger partial charge in [-0.25, -0.2) is 0 Å². The highest BCUT2D eigenvalue weighted by atomic mass is 16.5. The largest absolute Gasteiger partial charge is 0.497 e. The maximum atomic E-state index is 12.1. The molecule has 2 aromatic carbocycles. The third-order valence-electron chi connectivity index (χ3n) is 3.96. The van der Waals surface area contributed by atoms with Crippen molar-refractivity contribution in [2.45, 2.75) is 19.4 Å². The molecule has 0 aliphatic carbocycles. The van der Waals surface area contributed by atoms with Gasteiger partial charge in [0.1, 0.15) is 11.8 Å². The van der Waals surface area contributed by atoms with Gasteiger partial charge in [0.05, 0.1) is 7.11 Å². The third kappa shape index (κ3) is 2.97. The number of hydrogen-bond acceptors (Lipinski definition) is 3. The first-order valence-electron chi connectivity index (χ1n) is 7.45. The number of benzene rings is 2. The first-order chi connectivity index (χ1) is 10.7. The van der Waals surface area contributed by atoms with Crippen LogP contribution in [0.3, 0.4) is 0 Å². The Bertz CT molecular complexity index is 680. The first kappa shape index (κ1) is 14.6. The molecular weight excluding hydrogens is 276 g/mol. The molecule has 0 fully saturated rings. The molecule has 0 saturated heterocycles. The van der Waals surface area contributed by atoms with Crippen molar-refractivity contribution in [2.24, 2.45) is 0 Å². The van der Waals surface area contributed by atoms with Crippen LogP contribution in [0, 0.1) is 6.92 Å². The van der Waals surface area contributed by atoms with Crippen LogP contribution in [-0.2, 0) is 11.2 Å². The van der Waals surface area contributed by atoms with Crippen molar-refractivity contribution in [2.75, 3.05) is 19.0 Å². The van der Waals surface area contributed by atoms with E-state index in [2.05, 4.69) is 16.7 Å². The van der Waals surface area contributed by atoms with Crippen LogP contribution in [0.1, 0.15) is 22.7 Å². The van der Waals surface area contributed by atoms with Gasteiger partial charge >= 0.3 is 0 Å². The van der Waals surface area contributed by atoms with Crippen LogP contribution in [0.15, 0.2) is 42.5 Å². The normalized spacial score (nSPS) is 16.3. The Hall–Kier alpha value is -2.33. The number of fused-ring (bicyclic) bond motifs is 1. The highest BCUT2D eigenvalue weighted by molar-refractivity contribution is 6.02. The number of carbonyl (C=O) groups excluding carboxylic acids is 1. The second-order valence-corrected chi connectivity index (χ2v) is 5.57. The fraction of sp³-hybridized carbons (Fsp3) is 0.278. The minimum absolute atomic E-state index is 0.0235. The van der Waals surface area contributed by atoms with Gasteiger partial charge in [-0.2, -0.15) is 0 Å². The van der Waals surface area contributed by atoms with E-state index in [-0.39, 0.29) is 11.9 Å². The van der Waals surface area contributed by atoms with E-state index in [1.54, 1.807) is 7.11 Å². The van der Waals surface area contributed by atoms with Crippen LogP contribution < -0.4 is 15.4 Å². The van der Waals surface area contributed by atoms with E-state index in [0.717, 1.165) is 35.5 Å². The third-order valence-corrected chi connectivity index (χ3v) is 3.96. The van der Waals surface area contributed by atoms with Crippen LogP contribution in [0.5, 0.6) is 5.75 Å². The van der Waals surface area contributed by atoms with Gasteiger partial charge in [-0.05, 0) is 37.1 Å². The van der Waals surface area contributed by atoms with Crippen LogP contribution in [-0.4, -0.2) is 19.6 Å². The Morgan fingerprint density at radius 2 is 1.95 bits per heavy atom. The van der Waals surface area contributed by atoms with Gasteiger partial charge in [-0.3, -0.25) is 4.79 Å². The number of hydrogen-bond donors (Lipinski definition) is 2. The summed E-state index contributed by atoms with van der Waals surface area (Å²) in [7, 11) is 1.66. The van der Waals surface area contributed by atoms with Gasteiger partial charge in [0.2, 0.25) is 5.91 Å². The highest BCUT2D eigenvalue weighted by Gasteiger charge is 2.29. The van der Waals surface area contributed by atoms with Gasteiger partial charge in [0.25, 0.3) is 0 Å². The standard InChI is InChI=1S/C18H20N2O2/c1-12-3-8-16-15(11-12)17(18(21)20-16)19-10-9-13-4-6-14(22-2)7-5-13/h3-8,11,17,19H,9-10H2,1-2H3,(H,20,21). The summed E-state index contributed by atoms with van der Waals surface area (Å²) < 4.78 is 5.15. The zero-order chi connectivity index (χ0) is 15.5. The molecule has 1 amide bonds. The van der Waals surface area contributed by atoms with Crippen molar-refractivity contribution >= 4 is 11.6 Å². The zero-order valence-electron chi connectivity index (χ0n) is 12.8. The average molecular weight is 296 g/mol. The Morgan fingerprint density at radius 1 is 1.18 bits per heavy atom. The lowest BCUT2D eigenvalue weighted by molar-refractivity contribution is -0.117. The van der Waals surface area contributed by atoms with Crippen molar-refractivity contribution in [1.82, 2.24) is 5.32 Å². The van der Waals surface area contributed by atoms with E-state index >= 15 is 0 Å². The Morgan fingerprint density at radius 3 is 2.68 bits per heavy atom. The number of anilines is 1. The second kappa shape index (κ2) is 6.20. The van der Waals surface area contributed by atoms with Crippen molar-refractivity contribution in [3.63, 3.8) is 0 Å². The number of rotatable bonds is 5. The van der Waals surface area contributed by atoms with Crippen LogP contribution in [0.4, 0.5) is 5.69 Å². The molecule has 1 heterocycles. The molecule has 0 spiro atoms. The van der Waals surface area contributed by atoms with Crippen molar-refractivity contribution in [3.8, 4) is 5.75 Å². The van der Waals surface area contributed by atoms with Gasteiger partial charge in [-0.15, -0.1) is 0 Å². The minimum Gasteiger partial charge on any atom is -0.497 e. The number of carbonyl (C=O) groups is 1. The van der Waals surface area contributed by atoms with Gasteiger partial charge in [0.15, 0.2) is 0 Å². The second-order valence-electron chi connectivity index (χ2n) is 5.57. The van der Waals surface area contributed by atoms with Gasteiger partial charge in [0, 0.05) is 17.8 Å². The molecule has 22 heavy (non-hydrogen) atoms. The smallest absolute Gasteiger partial charge is 0.246 e. The molecule has 1 aliphatic heterocycles.